The van der Waals surface area contributed by atoms with Crippen molar-refractivity contribution < 1.29 is 4.79 Å². The molecule has 0 amide bonds. The van der Waals surface area contributed by atoms with Crippen molar-refractivity contribution >= 4 is 56.4 Å². The van der Waals surface area contributed by atoms with Gasteiger partial charge in [0.2, 0.25) is 0 Å². The lowest BCUT2D eigenvalue weighted by Gasteiger charge is -2.25. The molecule has 0 fully saturated rings. The number of anilines is 2. The van der Waals surface area contributed by atoms with E-state index in [0.717, 1.165) is 68.4 Å². The van der Waals surface area contributed by atoms with E-state index in [1.807, 2.05) is 60.0 Å². The molecule has 7 aromatic rings. The third-order valence-corrected chi connectivity index (χ3v) is 10.1. The average molecular weight is 633 g/mol. The molecule has 0 radical (unpaired) electrons. The first-order chi connectivity index (χ1) is 23.1. The molecule has 0 aliphatic heterocycles. The molecule has 3 heterocycles. The molecular weight excluding hydrogens is 592 g/mol. The molecule has 240 valence electrons. The highest BCUT2D eigenvalue weighted by Crippen LogP contribution is 2.36. The average Bonchev–Trinajstić information content (AvgIpc) is 3.59. The van der Waals surface area contributed by atoms with Crippen molar-refractivity contribution in [1.82, 2.24) is 13.7 Å². The summed E-state index contributed by atoms with van der Waals surface area (Å²) in [6, 6.07) is 28.9. The lowest BCUT2D eigenvalue weighted by molar-refractivity contribution is 0.112. The Hall–Kier alpha value is -5.62. The molecule has 48 heavy (non-hydrogen) atoms. The number of aryl methyl sites for hydroxylation is 3. The first kappa shape index (κ1) is 31.0. The van der Waals surface area contributed by atoms with E-state index in [1.165, 1.54) is 11.3 Å². The number of allylic oxidation sites excluding steroid dienone is 1. The van der Waals surface area contributed by atoms with Gasteiger partial charge < -0.3 is 18.6 Å². The molecule has 0 atom stereocenters. The standard InChI is InChI=1S/C42H40N4O2/c1-8-9-12-28-21-38(43(4)27(28)3)30-15-17-35(26(2)19-30)44(5)40-24-34-41(23-32(40)25-47)46(7)37-18-16-31(20-33(37)42(34)48)39-22-29-13-10-11-14-36(29)45(39)6/h9-25H,8H2,1-7H3/b12-9-. The SMILES string of the molecule is CC/C=C\c1cc(-c2ccc(N(C)c3cc4c(=O)c5cc(-c6cc7ccccc7n6C)ccc5n(C)c4cc3C=O)c(C)c2)n(C)c1C. The van der Waals surface area contributed by atoms with Crippen LogP contribution in [0.3, 0.4) is 0 Å². The van der Waals surface area contributed by atoms with Crippen LogP contribution in [-0.2, 0) is 21.1 Å². The minimum atomic E-state index is -0.0510. The van der Waals surface area contributed by atoms with Gasteiger partial charge in [-0.3, -0.25) is 9.59 Å². The van der Waals surface area contributed by atoms with Crippen molar-refractivity contribution in [3.63, 3.8) is 0 Å². The van der Waals surface area contributed by atoms with Gasteiger partial charge in [-0.15, -0.1) is 0 Å². The summed E-state index contributed by atoms with van der Waals surface area (Å²) in [6.07, 6.45) is 6.25. The molecule has 6 heteroatoms. The maximum Gasteiger partial charge on any atom is 0.197 e. The minimum absolute atomic E-state index is 0.0510. The number of pyridine rings is 1. The zero-order valence-corrected chi connectivity index (χ0v) is 28.6. The van der Waals surface area contributed by atoms with Crippen LogP contribution in [-0.4, -0.2) is 27.0 Å². The molecule has 4 aromatic carbocycles. The van der Waals surface area contributed by atoms with Crippen LogP contribution in [0.25, 0.3) is 61.3 Å². The highest BCUT2D eigenvalue weighted by molar-refractivity contribution is 6.01. The number of aromatic nitrogens is 3. The van der Waals surface area contributed by atoms with E-state index < -0.39 is 0 Å². The predicted octanol–water partition coefficient (Wildman–Crippen LogP) is 9.48. The summed E-state index contributed by atoms with van der Waals surface area (Å²) in [7, 11) is 8.07. The smallest absolute Gasteiger partial charge is 0.197 e. The van der Waals surface area contributed by atoms with Gasteiger partial charge in [-0.25, -0.2) is 0 Å². The first-order valence-electron chi connectivity index (χ1n) is 16.4. The van der Waals surface area contributed by atoms with Gasteiger partial charge in [0.05, 0.1) is 16.7 Å². The van der Waals surface area contributed by atoms with Crippen LogP contribution in [0.15, 0.2) is 95.8 Å². The summed E-state index contributed by atoms with van der Waals surface area (Å²) in [4.78, 5) is 28.8. The van der Waals surface area contributed by atoms with E-state index in [-0.39, 0.29) is 5.43 Å². The van der Waals surface area contributed by atoms with Crippen LogP contribution in [0, 0.1) is 13.8 Å². The number of hydrogen-bond acceptors (Lipinski definition) is 3. The second-order valence-corrected chi connectivity index (χ2v) is 12.8. The predicted molar refractivity (Wildman–Crippen MR) is 202 cm³/mol. The first-order valence-corrected chi connectivity index (χ1v) is 16.4. The fourth-order valence-electron chi connectivity index (χ4n) is 7.18. The molecule has 0 spiro atoms. The van der Waals surface area contributed by atoms with Gasteiger partial charge in [0.15, 0.2) is 11.7 Å². The number of para-hydroxylation sites is 1. The van der Waals surface area contributed by atoms with E-state index >= 15 is 0 Å². The number of benzene rings is 4. The van der Waals surface area contributed by atoms with Gasteiger partial charge in [-0.1, -0.05) is 49.4 Å². The van der Waals surface area contributed by atoms with Crippen LogP contribution < -0.4 is 10.3 Å². The van der Waals surface area contributed by atoms with Crippen LogP contribution in [0.2, 0.25) is 0 Å². The van der Waals surface area contributed by atoms with Crippen LogP contribution in [0.4, 0.5) is 11.4 Å². The molecule has 0 aliphatic rings. The van der Waals surface area contributed by atoms with Gasteiger partial charge in [0.25, 0.3) is 0 Å². The van der Waals surface area contributed by atoms with Crippen molar-refractivity contribution in [3.8, 4) is 22.5 Å². The fourth-order valence-corrected chi connectivity index (χ4v) is 7.18. The van der Waals surface area contributed by atoms with Gasteiger partial charge in [-0.05, 0) is 97.1 Å². The van der Waals surface area contributed by atoms with Crippen LogP contribution in [0.1, 0.15) is 40.5 Å². The van der Waals surface area contributed by atoms with Gasteiger partial charge in [0, 0.05) is 78.2 Å². The lowest BCUT2D eigenvalue weighted by Crippen LogP contribution is -2.16. The molecule has 0 aliphatic carbocycles. The lowest BCUT2D eigenvalue weighted by atomic mass is 10.0. The number of aldehydes is 1. The van der Waals surface area contributed by atoms with E-state index in [9.17, 15) is 9.59 Å². The Bertz CT molecular complexity index is 2510. The molecule has 0 saturated carbocycles. The van der Waals surface area contributed by atoms with Crippen molar-refractivity contribution in [2.75, 3.05) is 11.9 Å². The Labute approximate surface area is 280 Å². The number of carbonyl (C=O) groups excluding carboxylic acids is 1. The van der Waals surface area contributed by atoms with Crippen LogP contribution in [0.5, 0.6) is 0 Å². The number of fused-ring (bicyclic) bond motifs is 3. The van der Waals surface area contributed by atoms with Crippen molar-refractivity contribution in [2.45, 2.75) is 27.2 Å². The molecular formula is C42H40N4O2. The fraction of sp³-hybridized carbons (Fsp3) is 0.190. The Morgan fingerprint density at radius 2 is 1.40 bits per heavy atom. The molecule has 0 unspecified atom stereocenters. The topological polar surface area (TPSA) is 52.2 Å². The summed E-state index contributed by atoms with van der Waals surface area (Å²) in [6.45, 7) is 6.38. The molecule has 3 aromatic heterocycles. The summed E-state index contributed by atoms with van der Waals surface area (Å²) < 4.78 is 6.41. The van der Waals surface area contributed by atoms with E-state index in [1.54, 1.807) is 0 Å². The summed E-state index contributed by atoms with van der Waals surface area (Å²) >= 11 is 0. The molecule has 0 N–H and O–H groups in total. The molecule has 0 bridgehead atoms. The number of hydrogen-bond donors (Lipinski definition) is 0. The number of rotatable bonds is 7. The van der Waals surface area contributed by atoms with Crippen molar-refractivity contribution in [2.24, 2.45) is 21.1 Å². The Kier molecular flexibility index (Phi) is 7.67. The number of carbonyl (C=O) groups is 1. The minimum Gasteiger partial charge on any atom is -0.347 e. The Morgan fingerprint density at radius 3 is 2.12 bits per heavy atom. The van der Waals surface area contributed by atoms with E-state index in [4.69, 9.17) is 0 Å². The molecule has 6 nitrogen and oxygen atoms in total. The van der Waals surface area contributed by atoms with Crippen molar-refractivity contribution in [3.05, 3.63) is 124 Å². The Balaban J connectivity index is 1.33. The zero-order valence-electron chi connectivity index (χ0n) is 28.6. The monoisotopic (exact) mass is 632 g/mol. The third-order valence-electron chi connectivity index (χ3n) is 10.1. The van der Waals surface area contributed by atoms with E-state index in [2.05, 4.69) is 105 Å². The molecule has 7 rings (SSSR count). The summed E-state index contributed by atoms with van der Waals surface area (Å²) in [5.74, 6) is 0. The van der Waals surface area contributed by atoms with Gasteiger partial charge >= 0.3 is 0 Å². The van der Waals surface area contributed by atoms with Crippen LogP contribution >= 0.6 is 0 Å². The summed E-state index contributed by atoms with van der Waals surface area (Å²) in [5.41, 5.74) is 12.7. The second-order valence-electron chi connectivity index (χ2n) is 12.8. The molecule has 0 saturated heterocycles. The van der Waals surface area contributed by atoms with E-state index in [0.29, 0.717) is 22.0 Å². The van der Waals surface area contributed by atoms with Gasteiger partial charge in [-0.2, -0.15) is 0 Å². The third kappa shape index (κ3) is 4.87. The maximum atomic E-state index is 14.3. The second kappa shape index (κ2) is 11.9. The maximum absolute atomic E-state index is 14.3. The normalized spacial score (nSPS) is 11.8. The quantitative estimate of drug-likeness (QED) is 0.130. The highest BCUT2D eigenvalue weighted by Gasteiger charge is 2.19. The number of nitrogens with zero attached hydrogens (tertiary/aromatic N) is 4. The highest BCUT2D eigenvalue weighted by atomic mass is 16.1. The van der Waals surface area contributed by atoms with Crippen molar-refractivity contribution in [1.29, 1.82) is 0 Å². The zero-order chi connectivity index (χ0) is 33.9. The summed E-state index contributed by atoms with van der Waals surface area (Å²) in [5, 5.41) is 2.38. The Morgan fingerprint density at radius 1 is 0.688 bits per heavy atom. The largest absolute Gasteiger partial charge is 0.347 e. The van der Waals surface area contributed by atoms with Gasteiger partial charge in [0.1, 0.15) is 0 Å².